The van der Waals surface area contributed by atoms with Crippen LogP contribution >= 0.6 is 0 Å². The maximum Gasteiger partial charge on any atom is 0.308 e. The summed E-state index contributed by atoms with van der Waals surface area (Å²) in [6.45, 7) is 0. The molecule has 0 amide bonds. The average Bonchev–Trinajstić information content (AvgIpc) is 3.03. The first-order valence-corrected chi connectivity index (χ1v) is 8.34. The molecule has 2 heterocycles. The summed E-state index contributed by atoms with van der Waals surface area (Å²) in [5.41, 5.74) is 0. The van der Waals surface area contributed by atoms with E-state index in [0.29, 0.717) is 17.9 Å². The maximum absolute atomic E-state index is 11.6. The minimum Gasteiger partial charge on any atom is -0.481 e. The lowest BCUT2D eigenvalue weighted by atomic mass is 9.83. The minimum atomic E-state index is -0.564. The molecule has 0 aromatic heterocycles. The molecule has 4 rings (SSSR count). The summed E-state index contributed by atoms with van der Waals surface area (Å²) in [6, 6.07) is 2.26. The molecule has 2 aliphatic heterocycles. The molecule has 4 bridgehead atoms. The molecule has 2 saturated heterocycles. The largest absolute Gasteiger partial charge is 0.481 e. The molecule has 2 saturated carbocycles. The van der Waals surface area contributed by atoms with Gasteiger partial charge in [-0.3, -0.25) is 4.79 Å². The van der Waals surface area contributed by atoms with Crippen molar-refractivity contribution in [2.75, 3.05) is 7.05 Å². The maximum atomic E-state index is 11.6. The lowest BCUT2D eigenvalue weighted by Gasteiger charge is -2.40. The van der Waals surface area contributed by atoms with E-state index in [4.69, 9.17) is 0 Å². The van der Waals surface area contributed by atoms with Gasteiger partial charge in [-0.2, -0.15) is 0 Å². The summed E-state index contributed by atoms with van der Waals surface area (Å²) in [6.07, 6.45) is 8.62. The van der Waals surface area contributed by atoms with Gasteiger partial charge in [0.2, 0.25) is 0 Å². The number of rotatable bonds is 3. The van der Waals surface area contributed by atoms with Crippen molar-refractivity contribution in [1.29, 1.82) is 0 Å². The molecular weight excluding hydrogens is 252 g/mol. The first-order valence-electron chi connectivity index (χ1n) is 8.34. The second kappa shape index (κ2) is 4.70. The SMILES string of the molecule is CN1C2CCC1CC(NC1C3CCC(C3)C1C(=O)O)C2. The third kappa shape index (κ3) is 1.92. The molecule has 0 spiro atoms. The van der Waals surface area contributed by atoms with Crippen molar-refractivity contribution in [3.8, 4) is 0 Å². The van der Waals surface area contributed by atoms with Crippen LogP contribution in [-0.4, -0.2) is 47.2 Å². The molecule has 6 unspecified atom stereocenters. The highest BCUT2D eigenvalue weighted by atomic mass is 16.4. The molecule has 6 atom stereocenters. The Morgan fingerprint density at radius 2 is 1.70 bits per heavy atom. The topological polar surface area (TPSA) is 52.6 Å². The number of nitrogens with one attached hydrogen (secondary N) is 1. The lowest BCUT2D eigenvalue weighted by molar-refractivity contribution is -0.144. The van der Waals surface area contributed by atoms with E-state index in [2.05, 4.69) is 17.3 Å². The highest BCUT2D eigenvalue weighted by Crippen LogP contribution is 2.49. The number of aliphatic carboxylic acids is 1. The van der Waals surface area contributed by atoms with Crippen LogP contribution in [0.15, 0.2) is 0 Å². The normalized spacial score (nSPS) is 50.8. The molecule has 4 nitrogen and oxygen atoms in total. The molecule has 112 valence electrons. The number of carbonyl (C=O) groups is 1. The third-order valence-electron chi connectivity index (χ3n) is 6.73. The Kier molecular flexibility index (Phi) is 3.08. The minimum absolute atomic E-state index is 0.119. The second-order valence-corrected chi connectivity index (χ2v) is 7.61. The lowest BCUT2D eigenvalue weighted by Crippen LogP contribution is -2.53. The highest BCUT2D eigenvalue weighted by Gasteiger charge is 2.52. The van der Waals surface area contributed by atoms with Gasteiger partial charge in [-0.15, -0.1) is 0 Å². The zero-order chi connectivity index (χ0) is 13.9. The predicted molar refractivity (Wildman–Crippen MR) is 76.5 cm³/mol. The Morgan fingerprint density at radius 3 is 2.35 bits per heavy atom. The van der Waals surface area contributed by atoms with Gasteiger partial charge in [0.1, 0.15) is 0 Å². The standard InChI is InChI=1S/C16H26N2O2/c1-18-12-4-5-13(18)8-11(7-12)17-15-10-3-2-9(6-10)14(15)16(19)20/h9-15,17H,2-8H2,1H3,(H,19,20). The summed E-state index contributed by atoms with van der Waals surface area (Å²) < 4.78 is 0. The van der Waals surface area contributed by atoms with E-state index in [1.807, 2.05) is 0 Å². The summed E-state index contributed by atoms with van der Waals surface area (Å²) >= 11 is 0. The van der Waals surface area contributed by atoms with Crippen LogP contribution in [0.1, 0.15) is 44.9 Å². The summed E-state index contributed by atoms with van der Waals surface area (Å²) in [4.78, 5) is 14.1. The van der Waals surface area contributed by atoms with Gasteiger partial charge >= 0.3 is 5.97 Å². The van der Waals surface area contributed by atoms with E-state index in [1.165, 1.54) is 32.1 Å². The van der Waals surface area contributed by atoms with Gasteiger partial charge in [-0.05, 0) is 63.8 Å². The molecule has 4 heteroatoms. The first-order chi connectivity index (χ1) is 9.63. The average molecular weight is 278 g/mol. The number of hydrogen-bond donors (Lipinski definition) is 2. The smallest absolute Gasteiger partial charge is 0.308 e. The number of nitrogens with zero attached hydrogens (tertiary/aromatic N) is 1. The highest BCUT2D eigenvalue weighted by molar-refractivity contribution is 5.72. The Bertz CT molecular complexity index is 399. The van der Waals surface area contributed by atoms with Gasteiger partial charge in [0.15, 0.2) is 0 Å². The molecule has 4 aliphatic rings. The first kappa shape index (κ1) is 13.1. The molecule has 0 radical (unpaired) electrons. The van der Waals surface area contributed by atoms with E-state index < -0.39 is 5.97 Å². The van der Waals surface area contributed by atoms with Crippen molar-refractivity contribution in [3.05, 3.63) is 0 Å². The fourth-order valence-electron chi connectivity index (χ4n) is 5.71. The van der Waals surface area contributed by atoms with Gasteiger partial charge in [-0.25, -0.2) is 0 Å². The van der Waals surface area contributed by atoms with Crippen LogP contribution in [0.2, 0.25) is 0 Å². The van der Waals surface area contributed by atoms with E-state index in [9.17, 15) is 9.90 Å². The molecule has 2 N–H and O–H groups in total. The Labute approximate surface area is 120 Å². The fourth-order valence-corrected chi connectivity index (χ4v) is 5.71. The number of carboxylic acid groups (broad SMARTS) is 1. The molecule has 4 fully saturated rings. The van der Waals surface area contributed by atoms with Crippen LogP contribution in [-0.2, 0) is 4.79 Å². The van der Waals surface area contributed by atoms with E-state index in [1.54, 1.807) is 0 Å². The summed E-state index contributed by atoms with van der Waals surface area (Å²) in [7, 11) is 2.26. The summed E-state index contributed by atoms with van der Waals surface area (Å²) in [5.74, 6) is 0.382. The van der Waals surface area contributed by atoms with Crippen molar-refractivity contribution >= 4 is 5.97 Å². The molecular formula is C16H26N2O2. The van der Waals surface area contributed by atoms with Crippen molar-refractivity contribution in [1.82, 2.24) is 10.2 Å². The van der Waals surface area contributed by atoms with Crippen molar-refractivity contribution in [2.45, 2.75) is 69.1 Å². The van der Waals surface area contributed by atoms with Crippen LogP contribution in [0, 0.1) is 17.8 Å². The third-order valence-corrected chi connectivity index (χ3v) is 6.73. The number of hydrogen-bond acceptors (Lipinski definition) is 3. The van der Waals surface area contributed by atoms with Gasteiger partial charge in [0.25, 0.3) is 0 Å². The van der Waals surface area contributed by atoms with Gasteiger partial charge in [-0.1, -0.05) is 0 Å². The molecule has 2 aliphatic carbocycles. The van der Waals surface area contributed by atoms with E-state index in [-0.39, 0.29) is 12.0 Å². The van der Waals surface area contributed by atoms with Gasteiger partial charge in [0, 0.05) is 24.2 Å². The van der Waals surface area contributed by atoms with Crippen LogP contribution < -0.4 is 5.32 Å². The van der Waals surface area contributed by atoms with Crippen LogP contribution in [0.25, 0.3) is 0 Å². The fraction of sp³-hybridized carbons (Fsp3) is 0.938. The predicted octanol–water partition coefficient (Wildman–Crippen LogP) is 1.70. The van der Waals surface area contributed by atoms with Crippen molar-refractivity contribution in [2.24, 2.45) is 17.8 Å². The Hall–Kier alpha value is -0.610. The molecule has 0 aromatic carbocycles. The number of piperidine rings is 1. The Morgan fingerprint density at radius 1 is 1.05 bits per heavy atom. The Balaban J connectivity index is 1.45. The van der Waals surface area contributed by atoms with Crippen LogP contribution in [0.4, 0.5) is 0 Å². The molecule has 20 heavy (non-hydrogen) atoms. The van der Waals surface area contributed by atoms with Gasteiger partial charge in [0.05, 0.1) is 5.92 Å². The monoisotopic (exact) mass is 278 g/mol. The van der Waals surface area contributed by atoms with Crippen molar-refractivity contribution < 1.29 is 9.90 Å². The van der Waals surface area contributed by atoms with Crippen LogP contribution in [0.5, 0.6) is 0 Å². The number of fused-ring (bicyclic) bond motifs is 4. The van der Waals surface area contributed by atoms with E-state index in [0.717, 1.165) is 24.9 Å². The second-order valence-electron chi connectivity index (χ2n) is 7.61. The zero-order valence-corrected chi connectivity index (χ0v) is 12.3. The molecule has 0 aromatic rings. The van der Waals surface area contributed by atoms with Gasteiger partial charge < -0.3 is 15.3 Å². The quantitative estimate of drug-likeness (QED) is 0.825. The van der Waals surface area contributed by atoms with Crippen LogP contribution in [0.3, 0.4) is 0 Å². The number of carboxylic acids is 1. The van der Waals surface area contributed by atoms with E-state index >= 15 is 0 Å². The zero-order valence-electron chi connectivity index (χ0n) is 12.3. The van der Waals surface area contributed by atoms with Crippen molar-refractivity contribution in [3.63, 3.8) is 0 Å². The summed E-state index contributed by atoms with van der Waals surface area (Å²) in [5, 5.41) is 13.3.